The Morgan fingerprint density at radius 3 is 2.65 bits per heavy atom. The highest BCUT2D eigenvalue weighted by Crippen LogP contribution is 2.57. The third-order valence-corrected chi connectivity index (χ3v) is 5.37. The molecule has 5 nitrogen and oxygen atoms in total. The molecule has 116 valence electrons. The van der Waals surface area contributed by atoms with E-state index in [0.717, 1.165) is 30.5 Å². The van der Waals surface area contributed by atoms with Crippen LogP contribution in [0.25, 0.3) is 5.82 Å². The molecule has 2 aromatic rings. The van der Waals surface area contributed by atoms with Crippen molar-refractivity contribution in [1.29, 1.82) is 5.26 Å². The van der Waals surface area contributed by atoms with Crippen LogP contribution >= 0.6 is 11.6 Å². The van der Waals surface area contributed by atoms with Crippen molar-refractivity contribution in [3.8, 4) is 11.9 Å². The lowest BCUT2D eigenvalue weighted by molar-refractivity contribution is 0.563. The third-order valence-electron chi connectivity index (χ3n) is 4.93. The molecule has 1 unspecified atom stereocenters. The van der Waals surface area contributed by atoms with Crippen LogP contribution in [0.4, 0.5) is 0 Å². The highest BCUT2D eigenvalue weighted by atomic mass is 35.5. The van der Waals surface area contributed by atoms with Gasteiger partial charge in [-0.1, -0.05) is 11.6 Å². The van der Waals surface area contributed by atoms with Gasteiger partial charge in [0.2, 0.25) is 0 Å². The number of rotatable bonds is 2. The monoisotopic (exact) mass is 326 g/mol. The Kier molecular flexibility index (Phi) is 3.24. The summed E-state index contributed by atoms with van der Waals surface area (Å²) in [5.41, 5.74) is 0.737. The van der Waals surface area contributed by atoms with Crippen molar-refractivity contribution in [3.05, 3.63) is 50.8 Å². The zero-order chi connectivity index (χ0) is 16.1. The Morgan fingerprint density at radius 2 is 2.04 bits per heavy atom. The fourth-order valence-electron chi connectivity index (χ4n) is 3.63. The normalized spacial score (nSPS) is 25.0. The van der Waals surface area contributed by atoms with Crippen LogP contribution in [0, 0.1) is 30.1 Å². The molecule has 0 bridgehead atoms. The van der Waals surface area contributed by atoms with Gasteiger partial charge in [-0.25, -0.2) is 14.5 Å². The topological polar surface area (TPSA) is 71.6 Å². The Bertz CT molecular complexity index is 871. The SMILES string of the molecule is Cc1nc(C2C[C@@H]3C[C@@H]3C2)n(-c2ccc(C#N)cn2)c(=O)c1Cl. The van der Waals surface area contributed by atoms with E-state index in [1.165, 1.54) is 17.2 Å². The molecule has 2 aromatic heterocycles. The summed E-state index contributed by atoms with van der Waals surface area (Å²) in [5, 5.41) is 9.03. The van der Waals surface area contributed by atoms with Crippen molar-refractivity contribution in [1.82, 2.24) is 14.5 Å². The van der Waals surface area contributed by atoms with Gasteiger partial charge in [0.05, 0.1) is 11.3 Å². The van der Waals surface area contributed by atoms with E-state index in [2.05, 4.69) is 9.97 Å². The summed E-state index contributed by atoms with van der Waals surface area (Å²) in [5.74, 6) is 3.07. The van der Waals surface area contributed by atoms with Gasteiger partial charge in [-0.3, -0.25) is 4.79 Å². The molecule has 2 heterocycles. The van der Waals surface area contributed by atoms with Gasteiger partial charge >= 0.3 is 0 Å². The van der Waals surface area contributed by atoms with Crippen LogP contribution in [0.3, 0.4) is 0 Å². The zero-order valence-corrected chi connectivity index (χ0v) is 13.4. The lowest BCUT2D eigenvalue weighted by Crippen LogP contribution is -2.27. The molecule has 2 aliphatic rings. The predicted octanol–water partition coefficient (Wildman–Crippen LogP) is 2.97. The minimum atomic E-state index is -0.285. The minimum absolute atomic E-state index is 0.128. The summed E-state index contributed by atoms with van der Waals surface area (Å²) in [7, 11) is 0. The molecule has 0 aliphatic heterocycles. The van der Waals surface area contributed by atoms with Crippen molar-refractivity contribution in [2.75, 3.05) is 0 Å². The molecule has 0 N–H and O–H groups in total. The smallest absolute Gasteiger partial charge is 0.267 e. The maximum atomic E-state index is 12.7. The molecular weight excluding hydrogens is 312 g/mol. The Balaban J connectivity index is 1.87. The van der Waals surface area contributed by atoms with Gasteiger partial charge in [0, 0.05) is 12.1 Å². The maximum Gasteiger partial charge on any atom is 0.278 e. The summed E-state index contributed by atoms with van der Waals surface area (Å²) >= 11 is 6.13. The number of pyridine rings is 1. The van der Waals surface area contributed by atoms with Crippen LogP contribution in [-0.4, -0.2) is 14.5 Å². The zero-order valence-electron chi connectivity index (χ0n) is 12.7. The quantitative estimate of drug-likeness (QED) is 0.850. The van der Waals surface area contributed by atoms with Crippen LogP contribution in [0.15, 0.2) is 23.1 Å². The lowest BCUT2D eigenvalue weighted by atomic mass is 10.0. The number of hydrogen-bond donors (Lipinski definition) is 0. The summed E-state index contributed by atoms with van der Waals surface area (Å²) in [4.78, 5) is 21.6. The van der Waals surface area contributed by atoms with Gasteiger partial charge < -0.3 is 0 Å². The van der Waals surface area contributed by atoms with Gasteiger partial charge in [-0.15, -0.1) is 0 Å². The van der Waals surface area contributed by atoms with E-state index in [1.807, 2.05) is 6.07 Å². The molecule has 0 spiro atoms. The van der Waals surface area contributed by atoms with Crippen molar-refractivity contribution in [3.63, 3.8) is 0 Å². The number of aromatic nitrogens is 3. The van der Waals surface area contributed by atoms with E-state index < -0.39 is 0 Å². The van der Waals surface area contributed by atoms with Gasteiger partial charge in [-0.05, 0) is 50.2 Å². The molecule has 0 amide bonds. The highest BCUT2D eigenvalue weighted by molar-refractivity contribution is 6.31. The van der Waals surface area contributed by atoms with E-state index in [-0.39, 0.29) is 16.5 Å². The number of hydrogen-bond acceptors (Lipinski definition) is 4. The Labute approximate surface area is 138 Å². The first kappa shape index (κ1) is 14.4. The van der Waals surface area contributed by atoms with E-state index in [9.17, 15) is 4.79 Å². The van der Waals surface area contributed by atoms with Crippen LogP contribution in [0.2, 0.25) is 5.02 Å². The molecule has 2 aliphatic carbocycles. The van der Waals surface area contributed by atoms with Crippen molar-refractivity contribution >= 4 is 11.6 Å². The average molecular weight is 327 g/mol. The first-order valence-electron chi connectivity index (χ1n) is 7.74. The number of nitriles is 1. The molecular formula is C17H15ClN4O. The van der Waals surface area contributed by atoms with Crippen molar-refractivity contribution in [2.24, 2.45) is 11.8 Å². The first-order valence-corrected chi connectivity index (χ1v) is 8.12. The van der Waals surface area contributed by atoms with Crippen molar-refractivity contribution < 1.29 is 0 Å². The standard InChI is InChI=1S/C17H15ClN4O/c1-9-15(18)17(23)22(14-3-2-10(7-19)8-20-14)16(21-9)13-5-11-4-12(11)6-13/h2-3,8,11-13H,4-6H2,1H3/t11-,12+,13?. The number of aryl methyl sites for hydroxylation is 1. The minimum Gasteiger partial charge on any atom is -0.267 e. The predicted molar refractivity (Wildman–Crippen MR) is 85.7 cm³/mol. The fourth-order valence-corrected chi connectivity index (χ4v) is 3.76. The van der Waals surface area contributed by atoms with Gasteiger partial charge in [0.25, 0.3) is 5.56 Å². The van der Waals surface area contributed by atoms with Crippen molar-refractivity contribution in [2.45, 2.75) is 32.1 Å². The molecule has 4 rings (SSSR count). The van der Waals surface area contributed by atoms with E-state index in [1.54, 1.807) is 19.1 Å². The van der Waals surface area contributed by atoms with Crippen LogP contribution in [0.5, 0.6) is 0 Å². The maximum absolute atomic E-state index is 12.7. The summed E-state index contributed by atoms with van der Waals surface area (Å²) in [6, 6.07) is 5.35. The lowest BCUT2D eigenvalue weighted by Gasteiger charge is -2.18. The second-order valence-electron chi connectivity index (χ2n) is 6.45. The van der Waals surface area contributed by atoms with Crippen LogP contribution < -0.4 is 5.56 Å². The van der Waals surface area contributed by atoms with E-state index >= 15 is 0 Å². The van der Waals surface area contributed by atoms with Gasteiger partial charge in [-0.2, -0.15) is 5.26 Å². The molecule has 3 atom stereocenters. The second kappa shape index (κ2) is 5.17. The first-order chi connectivity index (χ1) is 11.1. The van der Waals surface area contributed by atoms with E-state index in [4.69, 9.17) is 16.9 Å². The van der Waals surface area contributed by atoms with Crippen LogP contribution in [-0.2, 0) is 0 Å². The Morgan fingerprint density at radius 1 is 1.30 bits per heavy atom. The summed E-state index contributed by atoms with van der Waals surface area (Å²) in [6.45, 7) is 1.76. The largest absolute Gasteiger partial charge is 0.278 e. The average Bonchev–Trinajstić information content (AvgIpc) is 3.18. The van der Waals surface area contributed by atoms with Gasteiger partial charge in [0.1, 0.15) is 22.7 Å². The second-order valence-corrected chi connectivity index (χ2v) is 6.83. The summed E-state index contributed by atoms with van der Waals surface area (Å²) in [6.07, 6.45) is 4.93. The number of nitrogens with zero attached hydrogens (tertiary/aromatic N) is 4. The molecule has 0 saturated heterocycles. The number of fused-ring (bicyclic) bond motifs is 1. The van der Waals surface area contributed by atoms with Crippen LogP contribution in [0.1, 0.15) is 42.3 Å². The molecule has 0 radical (unpaired) electrons. The summed E-state index contributed by atoms with van der Waals surface area (Å²) < 4.78 is 1.52. The molecule has 2 fully saturated rings. The number of halogens is 1. The highest BCUT2D eigenvalue weighted by Gasteiger charge is 2.47. The molecule has 0 aromatic carbocycles. The van der Waals surface area contributed by atoms with E-state index in [0.29, 0.717) is 17.1 Å². The van der Waals surface area contributed by atoms with Gasteiger partial charge in [0.15, 0.2) is 0 Å². The molecule has 6 heteroatoms. The fraction of sp³-hybridized carbons (Fsp3) is 0.412. The Hall–Kier alpha value is -2.19. The molecule has 2 saturated carbocycles. The molecule has 23 heavy (non-hydrogen) atoms. The third kappa shape index (κ3) is 2.34.